The Morgan fingerprint density at radius 3 is 2.50 bits per heavy atom. The van der Waals surface area contributed by atoms with Crippen LogP contribution >= 0.6 is 11.6 Å². The van der Waals surface area contributed by atoms with Crippen LogP contribution in [0.3, 0.4) is 0 Å². The number of nitrogens with zero attached hydrogens (tertiary/aromatic N) is 2. The molecule has 2 aliphatic heterocycles. The Morgan fingerprint density at radius 2 is 1.81 bits per heavy atom. The molecule has 0 saturated heterocycles. The first-order valence-electron chi connectivity index (χ1n) is 10.2. The van der Waals surface area contributed by atoms with Gasteiger partial charge in [-0.3, -0.25) is 0 Å². The van der Waals surface area contributed by atoms with Crippen LogP contribution < -0.4 is 9.47 Å². The van der Waals surface area contributed by atoms with Gasteiger partial charge in [-0.1, -0.05) is 48.0 Å². The zero-order valence-electron chi connectivity index (χ0n) is 17.6. The number of ether oxygens (including phenoxy) is 3. The maximum absolute atomic E-state index is 11.8. The minimum atomic E-state index is -0.472. The normalized spacial score (nSPS) is 18.8. The lowest BCUT2D eigenvalue weighted by molar-refractivity contribution is -0.0209. The van der Waals surface area contributed by atoms with E-state index in [4.69, 9.17) is 30.9 Å². The fraction of sp³-hybridized carbons (Fsp3) is 0.200. The average molecular weight is 449 g/mol. The molecule has 0 bridgehead atoms. The third-order valence-electron chi connectivity index (χ3n) is 5.79. The number of para-hydroxylation sites is 1. The van der Waals surface area contributed by atoms with Crippen molar-refractivity contribution in [1.29, 1.82) is 0 Å². The van der Waals surface area contributed by atoms with Crippen LogP contribution in [-0.4, -0.2) is 30.9 Å². The molecule has 0 fully saturated rings. The van der Waals surface area contributed by atoms with Gasteiger partial charge in [0.05, 0.1) is 31.5 Å². The molecule has 3 aromatic carbocycles. The monoisotopic (exact) mass is 448 g/mol. The quantitative estimate of drug-likeness (QED) is 0.501. The highest BCUT2D eigenvalue weighted by molar-refractivity contribution is 6.30. The summed E-state index contributed by atoms with van der Waals surface area (Å²) in [5.74, 6) is 1.01. The molecule has 0 saturated carbocycles. The van der Waals surface area contributed by atoms with Crippen molar-refractivity contribution in [3.8, 4) is 11.5 Å². The summed E-state index contributed by atoms with van der Waals surface area (Å²) < 4.78 is 16.8. The van der Waals surface area contributed by atoms with Crippen molar-refractivity contribution < 1.29 is 19.0 Å². The van der Waals surface area contributed by atoms with Gasteiger partial charge >= 0.3 is 5.97 Å². The van der Waals surface area contributed by atoms with Crippen LogP contribution in [0.1, 0.15) is 45.7 Å². The molecular weight excluding hydrogens is 428 g/mol. The summed E-state index contributed by atoms with van der Waals surface area (Å²) in [5, 5.41) is 7.62. The summed E-state index contributed by atoms with van der Waals surface area (Å²) in [6, 6.07) is 20.8. The number of hydrogen-bond acceptors (Lipinski definition) is 6. The lowest BCUT2D eigenvalue weighted by Crippen LogP contribution is -2.33. The summed E-state index contributed by atoms with van der Waals surface area (Å²) in [4.78, 5) is 11.8. The van der Waals surface area contributed by atoms with Crippen molar-refractivity contribution in [2.24, 2.45) is 5.10 Å². The third kappa shape index (κ3) is 3.46. The lowest BCUT2D eigenvalue weighted by Gasteiger charge is -2.38. The molecular formula is C25H21ClN2O4. The Balaban J connectivity index is 1.57. The first-order valence-corrected chi connectivity index (χ1v) is 10.6. The second-order valence-corrected chi connectivity index (χ2v) is 8.05. The predicted molar refractivity (Wildman–Crippen MR) is 121 cm³/mol. The van der Waals surface area contributed by atoms with E-state index < -0.39 is 6.23 Å². The fourth-order valence-electron chi connectivity index (χ4n) is 4.18. The van der Waals surface area contributed by atoms with Gasteiger partial charge in [-0.15, -0.1) is 0 Å². The zero-order valence-corrected chi connectivity index (χ0v) is 18.4. The van der Waals surface area contributed by atoms with Crippen molar-refractivity contribution in [2.45, 2.75) is 18.7 Å². The van der Waals surface area contributed by atoms with Crippen LogP contribution in [0.2, 0.25) is 5.02 Å². The molecule has 3 aromatic rings. The Labute approximate surface area is 191 Å². The highest BCUT2D eigenvalue weighted by atomic mass is 35.5. The first kappa shape index (κ1) is 20.4. The fourth-order valence-corrected chi connectivity index (χ4v) is 4.31. The van der Waals surface area contributed by atoms with Crippen LogP contribution in [0.4, 0.5) is 0 Å². The van der Waals surface area contributed by atoms with Crippen LogP contribution in [0, 0.1) is 0 Å². The number of esters is 1. The van der Waals surface area contributed by atoms with Crippen LogP contribution in [0.5, 0.6) is 11.5 Å². The van der Waals surface area contributed by atoms with Gasteiger partial charge in [0.2, 0.25) is 6.23 Å². The summed E-state index contributed by atoms with van der Waals surface area (Å²) in [6.07, 6.45) is 0.252. The number of halogens is 1. The number of carbonyl (C=O) groups is 1. The SMILES string of the molecule is COC(=O)c1ccc([C@H]2Oc3c(OC)cccc3[C@@H]3CC(c4ccc(Cl)cc4)=NN23)cc1. The highest BCUT2D eigenvalue weighted by Gasteiger charge is 2.42. The van der Waals surface area contributed by atoms with Crippen molar-refractivity contribution in [3.05, 3.63) is 94.0 Å². The summed E-state index contributed by atoms with van der Waals surface area (Å²) in [5.41, 5.74) is 4.36. The van der Waals surface area contributed by atoms with E-state index in [0.29, 0.717) is 22.1 Å². The maximum Gasteiger partial charge on any atom is 0.337 e. The Hall–Kier alpha value is -3.51. The maximum atomic E-state index is 11.8. The lowest BCUT2D eigenvalue weighted by atomic mass is 9.95. The standard InChI is InChI=1S/C25H21ClN2O4/c1-30-22-5-3-4-19-21-14-20(15-10-12-18(26)13-11-15)27-28(21)24(32-23(19)22)16-6-8-17(9-7-16)25(29)31-2/h3-13,21,24H,14H2,1-2H3/t21-,24+/m0/s1. The predicted octanol–water partition coefficient (Wildman–Crippen LogP) is 5.38. The van der Waals surface area contributed by atoms with Crippen LogP contribution in [0.25, 0.3) is 0 Å². The molecule has 0 aromatic heterocycles. The van der Waals surface area contributed by atoms with E-state index in [1.165, 1.54) is 7.11 Å². The molecule has 2 atom stereocenters. The molecule has 7 heteroatoms. The number of rotatable bonds is 4. The molecule has 0 unspecified atom stereocenters. The molecule has 0 N–H and O–H groups in total. The number of benzene rings is 3. The van der Waals surface area contributed by atoms with Crippen LogP contribution in [-0.2, 0) is 4.74 Å². The van der Waals surface area contributed by atoms with Gasteiger partial charge in [0.1, 0.15) is 0 Å². The second kappa shape index (κ2) is 8.20. The number of carbonyl (C=O) groups excluding carboxylic acids is 1. The zero-order chi connectivity index (χ0) is 22.2. The van der Waals surface area contributed by atoms with E-state index in [1.54, 1.807) is 19.2 Å². The Bertz CT molecular complexity index is 1190. The van der Waals surface area contributed by atoms with Gasteiger partial charge in [0, 0.05) is 22.6 Å². The largest absolute Gasteiger partial charge is 0.493 e. The molecule has 6 nitrogen and oxygen atoms in total. The number of hydrogen-bond donors (Lipinski definition) is 0. The van der Waals surface area contributed by atoms with Crippen molar-refractivity contribution in [1.82, 2.24) is 5.01 Å². The Morgan fingerprint density at radius 1 is 1.06 bits per heavy atom. The van der Waals surface area contributed by atoms with E-state index in [1.807, 2.05) is 59.6 Å². The molecule has 2 aliphatic rings. The smallest absolute Gasteiger partial charge is 0.337 e. The second-order valence-electron chi connectivity index (χ2n) is 7.62. The van der Waals surface area contributed by atoms with Gasteiger partial charge in [0.15, 0.2) is 11.5 Å². The molecule has 0 aliphatic carbocycles. The van der Waals surface area contributed by atoms with E-state index in [0.717, 1.165) is 28.8 Å². The molecule has 0 radical (unpaired) electrons. The van der Waals surface area contributed by atoms with Crippen LogP contribution in [0.15, 0.2) is 71.8 Å². The molecule has 5 rings (SSSR count). The third-order valence-corrected chi connectivity index (χ3v) is 6.05. The van der Waals surface area contributed by atoms with E-state index in [9.17, 15) is 4.79 Å². The minimum absolute atomic E-state index is 0.00943. The molecule has 162 valence electrons. The summed E-state index contributed by atoms with van der Waals surface area (Å²) >= 11 is 6.07. The number of fused-ring (bicyclic) bond motifs is 3. The number of hydrazone groups is 1. The summed E-state index contributed by atoms with van der Waals surface area (Å²) in [7, 11) is 3.00. The van der Waals surface area contributed by atoms with E-state index in [-0.39, 0.29) is 12.0 Å². The first-order chi connectivity index (χ1) is 15.6. The van der Waals surface area contributed by atoms with Crippen molar-refractivity contribution >= 4 is 23.3 Å². The Kier molecular flexibility index (Phi) is 5.23. The minimum Gasteiger partial charge on any atom is -0.493 e. The topological polar surface area (TPSA) is 60.4 Å². The van der Waals surface area contributed by atoms with E-state index in [2.05, 4.69) is 0 Å². The molecule has 2 heterocycles. The molecule has 32 heavy (non-hydrogen) atoms. The molecule has 0 spiro atoms. The highest BCUT2D eigenvalue weighted by Crippen LogP contribution is 2.50. The van der Waals surface area contributed by atoms with E-state index >= 15 is 0 Å². The average Bonchev–Trinajstić information content (AvgIpc) is 3.29. The van der Waals surface area contributed by atoms with Gasteiger partial charge in [-0.25, -0.2) is 9.80 Å². The van der Waals surface area contributed by atoms with Crippen molar-refractivity contribution in [3.63, 3.8) is 0 Å². The van der Waals surface area contributed by atoms with Gasteiger partial charge in [-0.2, -0.15) is 5.10 Å². The summed E-state index contributed by atoms with van der Waals surface area (Å²) in [6.45, 7) is 0. The van der Waals surface area contributed by atoms with Crippen molar-refractivity contribution in [2.75, 3.05) is 14.2 Å². The van der Waals surface area contributed by atoms with Gasteiger partial charge in [0.25, 0.3) is 0 Å². The van der Waals surface area contributed by atoms with Gasteiger partial charge < -0.3 is 14.2 Å². The number of methoxy groups -OCH3 is 2. The van der Waals surface area contributed by atoms with Gasteiger partial charge in [-0.05, 0) is 35.9 Å². The molecule has 0 amide bonds.